The van der Waals surface area contributed by atoms with Gasteiger partial charge in [0.1, 0.15) is 0 Å². The standard InChI is InChI=1S/C14H26N2O3/c1-3-19-13(14(17)18)10-16-8-6-12-11(9-16)5-4-7-15(12)2/h11-13H,3-10H2,1-2H3,(H,17,18). The first-order valence-corrected chi connectivity index (χ1v) is 7.38. The number of nitrogens with zero attached hydrogens (tertiary/aromatic N) is 2. The van der Waals surface area contributed by atoms with E-state index in [-0.39, 0.29) is 0 Å². The predicted molar refractivity (Wildman–Crippen MR) is 73.2 cm³/mol. The topological polar surface area (TPSA) is 53.0 Å². The van der Waals surface area contributed by atoms with E-state index < -0.39 is 12.1 Å². The first-order valence-electron chi connectivity index (χ1n) is 7.38. The number of carboxylic acids is 1. The number of ether oxygens (including phenoxy) is 1. The fourth-order valence-electron chi connectivity index (χ4n) is 3.53. The summed E-state index contributed by atoms with van der Waals surface area (Å²) < 4.78 is 5.31. The van der Waals surface area contributed by atoms with E-state index in [2.05, 4.69) is 16.8 Å². The third-order valence-corrected chi connectivity index (χ3v) is 4.50. The third-order valence-electron chi connectivity index (χ3n) is 4.50. The molecule has 0 aromatic carbocycles. The summed E-state index contributed by atoms with van der Waals surface area (Å²) in [6.45, 7) is 6.04. The van der Waals surface area contributed by atoms with Crippen molar-refractivity contribution in [1.29, 1.82) is 0 Å². The van der Waals surface area contributed by atoms with Crippen molar-refractivity contribution in [2.45, 2.75) is 38.3 Å². The van der Waals surface area contributed by atoms with Crippen molar-refractivity contribution in [2.24, 2.45) is 5.92 Å². The highest BCUT2D eigenvalue weighted by molar-refractivity contribution is 5.72. The lowest BCUT2D eigenvalue weighted by atomic mass is 9.84. The van der Waals surface area contributed by atoms with Crippen molar-refractivity contribution in [1.82, 2.24) is 9.80 Å². The Bertz CT molecular complexity index is 311. The van der Waals surface area contributed by atoms with E-state index in [1.165, 1.54) is 19.4 Å². The fraction of sp³-hybridized carbons (Fsp3) is 0.929. The molecule has 0 radical (unpaired) electrons. The quantitative estimate of drug-likeness (QED) is 0.804. The summed E-state index contributed by atoms with van der Waals surface area (Å²) in [6.07, 6.45) is 3.01. The zero-order valence-corrected chi connectivity index (χ0v) is 12.0. The summed E-state index contributed by atoms with van der Waals surface area (Å²) in [7, 11) is 2.22. The van der Waals surface area contributed by atoms with Gasteiger partial charge in [-0.3, -0.25) is 4.90 Å². The van der Waals surface area contributed by atoms with Gasteiger partial charge in [-0.2, -0.15) is 0 Å². The van der Waals surface area contributed by atoms with Gasteiger partial charge in [-0.05, 0) is 52.2 Å². The molecule has 0 spiro atoms. The van der Waals surface area contributed by atoms with Crippen molar-refractivity contribution >= 4 is 5.97 Å². The second-order valence-electron chi connectivity index (χ2n) is 5.78. The van der Waals surface area contributed by atoms with Crippen LogP contribution in [0.4, 0.5) is 0 Å². The molecule has 0 aromatic rings. The minimum Gasteiger partial charge on any atom is -0.479 e. The minimum atomic E-state index is -0.843. The number of hydrogen-bond acceptors (Lipinski definition) is 4. The Labute approximate surface area is 115 Å². The number of piperidine rings is 2. The van der Waals surface area contributed by atoms with Crippen LogP contribution < -0.4 is 0 Å². The highest BCUT2D eigenvalue weighted by Gasteiger charge is 2.35. The van der Waals surface area contributed by atoms with Crippen LogP contribution in [0.5, 0.6) is 0 Å². The van der Waals surface area contributed by atoms with Crippen LogP contribution in [-0.2, 0) is 9.53 Å². The largest absolute Gasteiger partial charge is 0.479 e. The van der Waals surface area contributed by atoms with E-state index in [4.69, 9.17) is 9.84 Å². The molecule has 19 heavy (non-hydrogen) atoms. The summed E-state index contributed by atoms with van der Waals surface area (Å²) in [5.41, 5.74) is 0. The second-order valence-corrected chi connectivity index (χ2v) is 5.78. The van der Waals surface area contributed by atoms with Crippen LogP contribution in [0, 0.1) is 5.92 Å². The second kappa shape index (κ2) is 6.68. The molecule has 0 amide bonds. The molecule has 0 saturated carbocycles. The van der Waals surface area contributed by atoms with E-state index >= 15 is 0 Å². The molecule has 2 fully saturated rings. The molecule has 2 aliphatic rings. The molecule has 2 saturated heterocycles. The molecule has 0 aliphatic carbocycles. The van der Waals surface area contributed by atoms with Crippen molar-refractivity contribution in [3.8, 4) is 0 Å². The zero-order valence-electron chi connectivity index (χ0n) is 12.0. The van der Waals surface area contributed by atoms with Gasteiger partial charge in [-0.25, -0.2) is 4.79 Å². The number of carbonyl (C=O) groups is 1. The van der Waals surface area contributed by atoms with Crippen LogP contribution in [0.1, 0.15) is 26.2 Å². The molecule has 2 heterocycles. The Morgan fingerprint density at radius 2 is 2.21 bits per heavy atom. The van der Waals surface area contributed by atoms with E-state index in [1.807, 2.05) is 6.92 Å². The average molecular weight is 270 g/mol. The van der Waals surface area contributed by atoms with Gasteiger partial charge in [0.2, 0.25) is 0 Å². The summed E-state index contributed by atoms with van der Waals surface area (Å²) in [5.74, 6) is -0.145. The molecule has 0 bridgehead atoms. The van der Waals surface area contributed by atoms with E-state index in [0.717, 1.165) is 19.5 Å². The predicted octanol–water partition coefficient (Wildman–Crippen LogP) is 0.892. The third kappa shape index (κ3) is 3.68. The number of likely N-dealkylation sites (tertiary alicyclic amines) is 2. The summed E-state index contributed by atoms with van der Waals surface area (Å²) in [5, 5.41) is 9.15. The van der Waals surface area contributed by atoms with Crippen molar-refractivity contribution in [3.63, 3.8) is 0 Å². The Morgan fingerprint density at radius 3 is 2.89 bits per heavy atom. The van der Waals surface area contributed by atoms with Crippen LogP contribution in [0.15, 0.2) is 0 Å². The molecule has 1 N–H and O–H groups in total. The molecule has 110 valence electrons. The number of aliphatic carboxylic acids is 1. The maximum absolute atomic E-state index is 11.1. The highest BCUT2D eigenvalue weighted by atomic mass is 16.5. The Morgan fingerprint density at radius 1 is 1.42 bits per heavy atom. The number of fused-ring (bicyclic) bond motifs is 1. The smallest absolute Gasteiger partial charge is 0.334 e. The normalized spacial score (nSPS) is 30.8. The fourth-order valence-corrected chi connectivity index (χ4v) is 3.53. The lowest BCUT2D eigenvalue weighted by molar-refractivity contribution is -0.152. The van der Waals surface area contributed by atoms with Crippen LogP contribution in [0.25, 0.3) is 0 Å². The average Bonchev–Trinajstić information content (AvgIpc) is 2.38. The van der Waals surface area contributed by atoms with Crippen LogP contribution in [-0.4, -0.2) is 72.9 Å². The first kappa shape index (κ1) is 14.8. The number of rotatable bonds is 5. The van der Waals surface area contributed by atoms with E-state index in [1.54, 1.807) is 0 Å². The maximum atomic E-state index is 11.1. The van der Waals surface area contributed by atoms with Gasteiger partial charge in [0.05, 0.1) is 0 Å². The lowest BCUT2D eigenvalue weighted by Crippen LogP contribution is -2.54. The molecular formula is C14H26N2O3. The molecule has 0 aromatic heterocycles. The minimum absolute atomic E-state index is 0.458. The molecule has 2 rings (SSSR count). The molecule has 2 aliphatic heterocycles. The van der Waals surface area contributed by atoms with Crippen molar-refractivity contribution in [3.05, 3.63) is 0 Å². The summed E-state index contributed by atoms with van der Waals surface area (Å²) in [6, 6.07) is 0.695. The number of hydrogen-bond donors (Lipinski definition) is 1. The molecule has 3 atom stereocenters. The van der Waals surface area contributed by atoms with Gasteiger partial charge in [0.25, 0.3) is 0 Å². The SMILES string of the molecule is CCOC(CN1CCC2C(CCCN2C)C1)C(=O)O. The summed E-state index contributed by atoms with van der Waals surface area (Å²) >= 11 is 0. The summed E-state index contributed by atoms with van der Waals surface area (Å²) in [4.78, 5) is 15.9. The Kier molecular flexibility index (Phi) is 5.19. The van der Waals surface area contributed by atoms with Gasteiger partial charge < -0.3 is 14.7 Å². The number of carboxylic acid groups (broad SMARTS) is 1. The van der Waals surface area contributed by atoms with Gasteiger partial charge in [-0.15, -0.1) is 0 Å². The lowest BCUT2D eigenvalue weighted by Gasteiger charge is -2.46. The van der Waals surface area contributed by atoms with Crippen molar-refractivity contribution in [2.75, 3.05) is 39.8 Å². The molecular weight excluding hydrogens is 244 g/mol. The van der Waals surface area contributed by atoms with E-state index in [9.17, 15) is 4.79 Å². The Hall–Kier alpha value is -0.650. The molecule has 3 unspecified atom stereocenters. The van der Waals surface area contributed by atoms with Crippen LogP contribution >= 0.6 is 0 Å². The van der Waals surface area contributed by atoms with Crippen LogP contribution in [0.2, 0.25) is 0 Å². The molecule has 5 nitrogen and oxygen atoms in total. The first-order chi connectivity index (χ1) is 9.11. The van der Waals surface area contributed by atoms with Gasteiger partial charge in [0.15, 0.2) is 6.10 Å². The van der Waals surface area contributed by atoms with Gasteiger partial charge in [-0.1, -0.05) is 0 Å². The van der Waals surface area contributed by atoms with Crippen LogP contribution in [0.3, 0.4) is 0 Å². The monoisotopic (exact) mass is 270 g/mol. The Balaban J connectivity index is 1.87. The van der Waals surface area contributed by atoms with Gasteiger partial charge >= 0.3 is 5.97 Å². The maximum Gasteiger partial charge on any atom is 0.334 e. The zero-order chi connectivity index (χ0) is 13.8. The highest BCUT2D eigenvalue weighted by Crippen LogP contribution is 2.29. The van der Waals surface area contributed by atoms with Crippen molar-refractivity contribution < 1.29 is 14.6 Å². The van der Waals surface area contributed by atoms with Gasteiger partial charge in [0, 0.05) is 25.7 Å². The molecule has 5 heteroatoms. The van der Waals surface area contributed by atoms with E-state index in [0.29, 0.717) is 25.1 Å².